The highest BCUT2D eigenvalue weighted by molar-refractivity contribution is 5.72. The van der Waals surface area contributed by atoms with Crippen LogP contribution in [0.2, 0.25) is 0 Å². The molecule has 1 N–H and O–H groups in total. The number of hydrogen-bond acceptors (Lipinski definition) is 4. The molecule has 0 bridgehead atoms. The number of benzene rings is 2. The highest BCUT2D eigenvalue weighted by Gasteiger charge is 2.30. The maximum atomic E-state index is 11.1. The summed E-state index contributed by atoms with van der Waals surface area (Å²) in [5.74, 6) is -0.251. The van der Waals surface area contributed by atoms with Crippen LogP contribution in [0.4, 0.5) is 0 Å². The van der Waals surface area contributed by atoms with Crippen molar-refractivity contribution in [1.29, 1.82) is 0 Å². The monoisotopic (exact) mass is 394 g/mol. The fourth-order valence-electron chi connectivity index (χ4n) is 3.32. The standard InChI is InChI=1S/C24H26O5/c1-27-22(23(25)26)18-19-10-12-21(13-11-19)28-16-17-29-24(14-6-3-7-15-24)20-8-4-2-5-9-20/h2-14,22H,15-18H2,1H3,(H,25,26)/t22-,24?/m0/s1. The summed E-state index contributed by atoms with van der Waals surface area (Å²) in [6, 6.07) is 17.6. The Morgan fingerprint density at radius 2 is 1.83 bits per heavy atom. The van der Waals surface area contributed by atoms with Gasteiger partial charge < -0.3 is 19.3 Å². The van der Waals surface area contributed by atoms with Crippen molar-refractivity contribution in [2.45, 2.75) is 24.5 Å². The number of carboxylic acid groups (broad SMARTS) is 1. The lowest BCUT2D eigenvalue weighted by Crippen LogP contribution is -2.30. The van der Waals surface area contributed by atoms with Gasteiger partial charge in [-0.25, -0.2) is 4.79 Å². The van der Waals surface area contributed by atoms with E-state index >= 15 is 0 Å². The topological polar surface area (TPSA) is 65.0 Å². The molecule has 152 valence electrons. The number of ether oxygens (including phenoxy) is 3. The van der Waals surface area contributed by atoms with Gasteiger partial charge in [0.05, 0.1) is 6.61 Å². The normalized spacial score (nSPS) is 19.1. The van der Waals surface area contributed by atoms with Gasteiger partial charge in [0.25, 0.3) is 0 Å². The first-order valence-electron chi connectivity index (χ1n) is 9.64. The lowest BCUT2D eigenvalue weighted by Gasteiger charge is -2.32. The zero-order valence-corrected chi connectivity index (χ0v) is 16.5. The van der Waals surface area contributed by atoms with Crippen molar-refractivity contribution in [2.24, 2.45) is 0 Å². The van der Waals surface area contributed by atoms with Gasteiger partial charge >= 0.3 is 5.97 Å². The molecule has 2 aromatic carbocycles. The second kappa shape index (κ2) is 10.0. The number of aliphatic carboxylic acids is 1. The average molecular weight is 394 g/mol. The number of hydrogen-bond donors (Lipinski definition) is 1. The molecule has 0 amide bonds. The lowest BCUT2D eigenvalue weighted by atomic mass is 9.87. The van der Waals surface area contributed by atoms with Crippen LogP contribution < -0.4 is 4.74 Å². The van der Waals surface area contributed by atoms with Crippen molar-refractivity contribution in [1.82, 2.24) is 0 Å². The smallest absolute Gasteiger partial charge is 0.333 e. The predicted octanol–water partition coefficient (Wildman–Crippen LogP) is 4.14. The van der Waals surface area contributed by atoms with E-state index < -0.39 is 17.7 Å². The van der Waals surface area contributed by atoms with E-state index in [2.05, 4.69) is 24.3 Å². The molecule has 0 aromatic heterocycles. The van der Waals surface area contributed by atoms with Crippen LogP contribution in [-0.4, -0.2) is 37.5 Å². The Morgan fingerprint density at radius 1 is 1.07 bits per heavy atom. The highest BCUT2D eigenvalue weighted by Crippen LogP contribution is 2.33. The molecule has 29 heavy (non-hydrogen) atoms. The summed E-state index contributed by atoms with van der Waals surface area (Å²) in [7, 11) is 1.40. The number of carbonyl (C=O) groups is 1. The number of methoxy groups -OCH3 is 1. The first kappa shape index (κ1) is 20.8. The molecule has 2 atom stereocenters. The van der Waals surface area contributed by atoms with Gasteiger partial charge in [0.15, 0.2) is 6.10 Å². The minimum Gasteiger partial charge on any atom is -0.491 e. The van der Waals surface area contributed by atoms with Gasteiger partial charge in [-0.15, -0.1) is 0 Å². The third-order valence-electron chi connectivity index (χ3n) is 4.91. The first-order valence-corrected chi connectivity index (χ1v) is 9.64. The molecule has 5 nitrogen and oxygen atoms in total. The van der Waals surface area contributed by atoms with Gasteiger partial charge in [0, 0.05) is 20.0 Å². The van der Waals surface area contributed by atoms with Crippen molar-refractivity contribution < 1.29 is 24.1 Å². The molecule has 0 fully saturated rings. The summed E-state index contributed by atoms with van der Waals surface area (Å²) in [5.41, 5.74) is 1.54. The van der Waals surface area contributed by atoms with Crippen LogP contribution in [0, 0.1) is 0 Å². The van der Waals surface area contributed by atoms with Crippen LogP contribution in [0.1, 0.15) is 17.5 Å². The number of rotatable bonds is 10. The zero-order chi connectivity index (χ0) is 20.5. The van der Waals surface area contributed by atoms with Crippen LogP contribution in [0.15, 0.2) is 78.9 Å². The summed E-state index contributed by atoms with van der Waals surface area (Å²) in [4.78, 5) is 11.1. The Kier molecular flexibility index (Phi) is 7.22. The fraction of sp³-hybridized carbons (Fsp3) is 0.292. The maximum absolute atomic E-state index is 11.1. The van der Waals surface area contributed by atoms with Crippen molar-refractivity contribution in [2.75, 3.05) is 20.3 Å². The fourth-order valence-corrected chi connectivity index (χ4v) is 3.32. The van der Waals surface area contributed by atoms with Crippen LogP contribution in [0.3, 0.4) is 0 Å². The van der Waals surface area contributed by atoms with Crippen molar-refractivity contribution in [3.8, 4) is 5.75 Å². The Bertz CT molecular complexity index is 841. The molecule has 0 saturated carbocycles. The van der Waals surface area contributed by atoms with E-state index in [0.29, 0.717) is 19.6 Å². The SMILES string of the molecule is CO[C@@H](Cc1ccc(OCCOC2(c3ccccc3)C=CC=CC2)cc1)C(=O)O. The van der Waals surface area contributed by atoms with Crippen LogP contribution in [-0.2, 0) is 26.3 Å². The molecular formula is C24H26O5. The first-order chi connectivity index (χ1) is 14.1. The number of allylic oxidation sites excluding steroid dienone is 2. The van der Waals surface area contributed by atoms with Crippen molar-refractivity contribution >= 4 is 5.97 Å². The minimum absolute atomic E-state index is 0.314. The molecule has 0 aliphatic heterocycles. The summed E-state index contributed by atoms with van der Waals surface area (Å²) in [6.45, 7) is 0.862. The Balaban J connectivity index is 1.52. The second-order valence-electron chi connectivity index (χ2n) is 6.85. The molecule has 0 saturated heterocycles. The maximum Gasteiger partial charge on any atom is 0.333 e. The average Bonchev–Trinajstić information content (AvgIpc) is 2.77. The molecule has 2 aromatic rings. The molecule has 0 heterocycles. The van der Waals surface area contributed by atoms with E-state index in [1.165, 1.54) is 7.11 Å². The predicted molar refractivity (Wildman–Crippen MR) is 111 cm³/mol. The molecule has 1 unspecified atom stereocenters. The van der Waals surface area contributed by atoms with E-state index in [1.54, 1.807) is 0 Å². The van der Waals surface area contributed by atoms with Gasteiger partial charge in [0.1, 0.15) is 18.0 Å². The Hall–Kier alpha value is -2.89. The van der Waals surface area contributed by atoms with Gasteiger partial charge in [0.2, 0.25) is 0 Å². The molecular weight excluding hydrogens is 368 g/mol. The third kappa shape index (κ3) is 5.56. The van der Waals surface area contributed by atoms with Gasteiger partial charge in [-0.3, -0.25) is 0 Å². The van der Waals surface area contributed by atoms with Crippen LogP contribution >= 0.6 is 0 Å². The van der Waals surface area contributed by atoms with Gasteiger partial charge in [-0.05, 0) is 29.3 Å². The zero-order valence-electron chi connectivity index (χ0n) is 16.5. The third-order valence-corrected chi connectivity index (χ3v) is 4.91. The summed E-state index contributed by atoms with van der Waals surface area (Å²) in [6.07, 6.45) is 8.49. The molecule has 3 rings (SSSR count). The van der Waals surface area contributed by atoms with Crippen molar-refractivity contribution in [3.05, 3.63) is 90.0 Å². The minimum atomic E-state index is -0.969. The summed E-state index contributed by atoms with van der Waals surface area (Å²) < 4.78 is 17.0. The highest BCUT2D eigenvalue weighted by atomic mass is 16.5. The largest absolute Gasteiger partial charge is 0.491 e. The molecule has 1 aliphatic rings. The van der Waals surface area contributed by atoms with Crippen molar-refractivity contribution in [3.63, 3.8) is 0 Å². The number of carboxylic acids is 1. The van der Waals surface area contributed by atoms with Crippen LogP contribution in [0.25, 0.3) is 0 Å². The van der Waals surface area contributed by atoms with E-state index in [0.717, 1.165) is 23.3 Å². The second-order valence-corrected chi connectivity index (χ2v) is 6.85. The van der Waals surface area contributed by atoms with Gasteiger partial charge in [-0.2, -0.15) is 0 Å². The Morgan fingerprint density at radius 3 is 2.45 bits per heavy atom. The molecule has 5 heteroatoms. The molecule has 1 aliphatic carbocycles. The van der Waals surface area contributed by atoms with E-state index in [4.69, 9.17) is 19.3 Å². The van der Waals surface area contributed by atoms with E-state index in [9.17, 15) is 4.79 Å². The molecule has 0 spiro atoms. The lowest BCUT2D eigenvalue weighted by molar-refractivity contribution is -0.148. The van der Waals surface area contributed by atoms with E-state index in [1.807, 2.05) is 54.6 Å². The molecule has 0 radical (unpaired) electrons. The van der Waals surface area contributed by atoms with Crippen LogP contribution in [0.5, 0.6) is 5.75 Å². The summed E-state index contributed by atoms with van der Waals surface area (Å²) in [5, 5.41) is 9.07. The van der Waals surface area contributed by atoms with Gasteiger partial charge in [-0.1, -0.05) is 60.7 Å². The Labute approximate surface area is 171 Å². The quantitative estimate of drug-likeness (QED) is 0.614. The summed E-state index contributed by atoms with van der Waals surface area (Å²) >= 11 is 0. The van der Waals surface area contributed by atoms with E-state index in [-0.39, 0.29) is 0 Å².